The van der Waals surface area contributed by atoms with E-state index in [9.17, 15) is 9.59 Å². The second-order valence-electron chi connectivity index (χ2n) is 5.59. The summed E-state index contributed by atoms with van der Waals surface area (Å²) in [6.07, 6.45) is 1.24. The van der Waals surface area contributed by atoms with Crippen LogP contribution in [-0.4, -0.2) is 42.8 Å². The number of ether oxygens (including phenoxy) is 1. The van der Waals surface area contributed by atoms with Crippen molar-refractivity contribution >= 4 is 11.9 Å². The van der Waals surface area contributed by atoms with Crippen molar-refractivity contribution in [2.24, 2.45) is 23.5 Å². The van der Waals surface area contributed by atoms with E-state index in [4.69, 9.17) is 15.6 Å². The van der Waals surface area contributed by atoms with Crippen molar-refractivity contribution in [3.63, 3.8) is 0 Å². The van der Waals surface area contributed by atoms with Gasteiger partial charge in [0, 0.05) is 6.42 Å². The Morgan fingerprint density at radius 3 is 2.63 bits per heavy atom. The molecule has 3 unspecified atom stereocenters. The van der Waals surface area contributed by atoms with Crippen LogP contribution in [0.25, 0.3) is 0 Å². The SMILES string of the molecule is CC(C)CC(CN)CC(=O)NC1COCC1C(=O)O. The average molecular weight is 272 g/mol. The molecule has 4 N–H and O–H groups in total. The maximum atomic E-state index is 11.9. The van der Waals surface area contributed by atoms with E-state index in [1.807, 2.05) is 0 Å². The van der Waals surface area contributed by atoms with Crippen LogP contribution in [0.2, 0.25) is 0 Å². The molecule has 110 valence electrons. The van der Waals surface area contributed by atoms with E-state index in [2.05, 4.69) is 19.2 Å². The van der Waals surface area contributed by atoms with Gasteiger partial charge in [0.25, 0.3) is 0 Å². The lowest BCUT2D eigenvalue weighted by atomic mass is 9.93. The number of amides is 1. The summed E-state index contributed by atoms with van der Waals surface area (Å²) in [5.74, 6) is -1.09. The maximum absolute atomic E-state index is 11.9. The molecule has 6 nitrogen and oxygen atoms in total. The number of carboxylic acid groups (broad SMARTS) is 1. The van der Waals surface area contributed by atoms with Gasteiger partial charge in [0.1, 0.15) is 5.92 Å². The van der Waals surface area contributed by atoms with E-state index < -0.39 is 17.9 Å². The molecule has 1 heterocycles. The fourth-order valence-corrected chi connectivity index (χ4v) is 2.40. The number of rotatable bonds is 7. The van der Waals surface area contributed by atoms with Crippen LogP contribution in [0.3, 0.4) is 0 Å². The largest absolute Gasteiger partial charge is 0.481 e. The van der Waals surface area contributed by atoms with Gasteiger partial charge < -0.3 is 20.9 Å². The molecular formula is C13H24N2O4. The van der Waals surface area contributed by atoms with Crippen molar-refractivity contribution in [1.82, 2.24) is 5.32 Å². The van der Waals surface area contributed by atoms with Crippen LogP contribution >= 0.6 is 0 Å². The molecule has 3 atom stereocenters. The summed E-state index contributed by atoms with van der Waals surface area (Å²) >= 11 is 0. The van der Waals surface area contributed by atoms with Gasteiger partial charge >= 0.3 is 5.97 Å². The summed E-state index contributed by atoms with van der Waals surface area (Å²) in [4.78, 5) is 22.9. The first-order chi connectivity index (χ1) is 8.93. The lowest BCUT2D eigenvalue weighted by Crippen LogP contribution is -2.43. The molecular weight excluding hydrogens is 248 g/mol. The van der Waals surface area contributed by atoms with Crippen LogP contribution < -0.4 is 11.1 Å². The zero-order valence-electron chi connectivity index (χ0n) is 11.6. The van der Waals surface area contributed by atoms with Gasteiger partial charge in [-0.15, -0.1) is 0 Å². The number of carbonyl (C=O) groups excluding carboxylic acids is 1. The molecule has 19 heavy (non-hydrogen) atoms. The Labute approximate surface area is 113 Å². The van der Waals surface area contributed by atoms with Crippen molar-refractivity contribution in [1.29, 1.82) is 0 Å². The predicted molar refractivity (Wildman–Crippen MR) is 70.5 cm³/mol. The summed E-state index contributed by atoms with van der Waals surface area (Å²) in [5.41, 5.74) is 5.65. The highest BCUT2D eigenvalue weighted by Gasteiger charge is 2.35. The minimum Gasteiger partial charge on any atom is -0.481 e. The average Bonchev–Trinajstić information content (AvgIpc) is 2.75. The van der Waals surface area contributed by atoms with Gasteiger partial charge in [0.15, 0.2) is 0 Å². The van der Waals surface area contributed by atoms with Crippen molar-refractivity contribution in [3.8, 4) is 0 Å². The summed E-state index contributed by atoms with van der Waals surface area (Å²) in [5, 5.41) is 11.7. The Balaban J connectivity index is 2.43. The first kappa shape index (κ1) is 15.9. The fourth-order valence-electron chi connectivity index (χ4n) is 2.40. The Hall–Kier alpha value is -1.14. The third-order valence-corrected chi connectivity index (χ3v) is 3.36. The van der Waals surface area contributed by atoms with Crippen LogP contribution in [0.5, 0.6) is 0 Å². The lowest BCUT2D eigenvalue weighted by molar-refractivity contribution is -0.142. The predicted octanol–water partition coefficient (Wildman–Crippen LogP) is 0.213. The van der Waals surface area contributed by atoms with E-state index in [-0.39, 0.29) is 25.0 Å². The standard InChI is InChI=1S/C13H24N2O4/c1-8(2)3-9(5-14)4-12(16)15-11-7-19-6-10(11)13(17)18/h8-11H,3-7,14H2,1-2H3,(H,15,16)(H,17,18). The van der Waals surface area contributed by atoms with Crippen molar-refractivity contribution in [2.45, 2.75) is 32.7 Å². The molecule has 0 saturated carbocycles. The third kappa shape index (κ3) is 5.16. The smallest absolute Gasteiger partial charge is 0.311 e. The fraction of sp³-hybridized carbons (Fsp3) is 0.846. The Morgan fingerprint density at radius 1 is 1.42 bits per heavy atom. The van der Waals surface area contributed by atoms with E-state index >= 15 is 0 Å². The Bertz CT molecular complexity index is 320. The number of carboxylic acids is 1. The first-order valence-corrected chi connectivity index (χ1v) is 6.74. The van der Waals surface area contributed by atoms with E-state index in [1.54, 1.807) is 0 Å². The van der Waals surface area contributed by atoms with E-state index in [0.717, 1.165) is 6.42 Å². The molecule has 0 spiro atoms. The van der Waals surface area contributed by atoms with E-state index in [1.165, 1.54) is 0 Å². The van der Waals surface area contributed by atoms with Gasteiger partial charge in [-0.2, -0.15) is 0 Å². The zero-order chi connectivity index (χ0) is 14.4. The summed E-state index contributed by atoms with van der Waals surface area (Å²) in [7, 11) is 0. The van der Waals surface area contributed by atoms with Crippen LogP contribution in [-0.2, 0) is 14.3 Å². The minimum atomic E-state index is -0.930. The summed E-state index contributed by atoms with van der Waals surface area (Å²) in [6, 6.07) is -0.428. The van der Waals surface area contributed by atoms with Crippen LogP contribution in [0.1, 0.15) is 26.7 Å². The van der Waals surface area contributed by atoms with Crippen molar-refractivity contribution < 1.29 is 19.4 Å². The number of aliphatic carboxylic acids is 1. The van der Waals surface area contributed by atoms with Gasteiger partial charge in [-0.05, 0) is 24.8 Å². The monoisotopic (exact) mass is 272 g/mol. The highest BCUT2D eigenvalue weighted by molar-refractivity contribution is 5.78. The summed E-state index contributed by atoms with van der Waals surface area (Å²) in [6.45, 7) is 5.07. The molecule has 0 aromatic carbocycles. The normalized spacial score (nSPS) is 24.4. The maximum Gasteiger partial charge on any atom is 0.311 e. The molecule has 6 heteroatoms. The van der Waals surface area contributed by atoms with Crippen LogP contribution in [0.15, 0.2) is 0 Å². The molecule has 1 fully saturated rings. The molecule has 0 radical (unpaired) electrons. The summed E-state index contributed by atoms with van der Waals surface area (Å²) < 4.78 is 5.11. The van der Waals surface area contributed by atoms with Crippen LogP contribution in [0.4, 0.5) is 0 Å². The molecule has 1 rings (SSSR count). The second-order valence-corrected chi connectivity index (χ2v) is 5.59. The van der Waals surface area contributed by atoms with Crippen molar-refractivity contribution in [3.05, 3.63) is 0 Å². The topological polar surface area (TPSA) is 102 Å². The Morgan fingerprint density at radius 2 is 2.11 bits per heavy atom. The van der Waals surface area contributed by atoms with Gasteiger partial charge in [-0.1, -0.05) is 13.8 Å². The van der Waals surface area contributed by atoms with Crippen LogP contribution in [0, 0.1) is 17.8 Å². The van der Waals surface area contributed by atoms with Gasteiger partial charge in [0.2, 0.25) is 5.91 Å². The zero-order valence-corrected chi connectivity index (χ0v) is 11.6. The van der Waals surface area contributed by atoms with Gasteiger partial charge in [-0.3, -0.25) is 9.59 Å². The molecule has 0 aromatic rings. The molecule has 1 aliphatic heterocycles. The lowest BCUT2D eigenvalue weighted by Gasteiger charge is -2.19. The van der Waals surface area contributed by atoms with Gasteiger partial charge in [0.05, 0.1) is 19.3 Å². The molecule has 1 amide bonds. The molecule has 1 aliphatic rings. The third-order valence-electron chi connectivity index (χ3n) is 3.36. The molecule has 1 saturated heterocycles. The number of nitrogens with one attached hydrogen (secondary N) is 1. The number of hydrogen-bond acceptors (Lipinski definition) is 4. The second kappa shape index (κ2) is 7.45. The highest BCUT2D eigenvalue weighted by Crippen LogP contribution is 2.17. The molecule has 0 bridgehead atoms. The molecule has 0 aromatic heterocycles. The number of hydrogen-bond donors (Lipinski definition) is 3. The van der Waals surface area contributed by atoms with Gasteiger partial charge in [-0.25, -0.2) is 0 Å². The minimum absolute atomic E-state index is 0.141. The number of carbonyl (C=O) groups is 2. The first-order valence-electron chi connectivity index (χ1n) is 6.74. The molecule has 0 aliphatic carbocycles. The Kier molecular flexibility index (Phi) is 6.24. The van der Waals surface area contributed by atoms with Crippen molar-refractivity contribution in [2.75, 3.05) is 19.8 Å². The number of nitrogens with two attached hydrogens (primary N) is 1. The highest BCUT2D eigenvalue weighted by atomic mass is 16.5. The quantitative estimate of drug-likeness (QED) is 0.615. The van der Waals surface area contributed by atoms with E-state index in [0.29, 0.717) is 18.9 Å².